The first kappa shape index (κ1) is 13.6. The van der Waals surface area contributed by atoms with Crippen LogP contribution in [0.3, 0.4) is 0 Å². The number of benzene rings is 1. The van der Waals surface area contributed by atoms with E-state index in [0.717, 1.165) is 11.9 Å². The number of hydrogen-bond acceptors (Lipinski definition) is 2. The normalized spacial score (nSPS) is 10.8. The van der Waals surface area contributed by atoms with Crippen LogP contribution in [0, 0.1) is 6.92 Å². The van der Waals surface area contributed by atoms with Crippen molar-refractivity contribution in [1.29, 1.82) is 0 Å². The lowest BCUT2D eigenvalue weighted by atomic mass is 10.2. The van der Waals surface area contributed by atoms with Gasteiger partial charge in [-0.05, 0) is 36.9 Å². The number of aryl methyl sites for hydroxylation is 1. The van der Waals surface area contributed by atoms with Crippen LogP contribution in [0.2, 0.25) is 0 Å². The summed E-state index contributed by atoms with van der Waals surface area (Å²) >= 11 is 0. The van der Waals surface area contributed by atoms with E-state index in [1.807, 2.05) is 16.8 Å². The van der Waals surface area contributed by atoms with Crippen LogP contribution in [0.15, 0.2) is 30.5 Å². The predicted molar refractivity (Wildman–Crippen MR) is 76.2 cm³/mol. The van der Waals surface area contributed by atoms with E-state index in [2.05, 4.69) is 30.4 Å². The molecule has 102 valence electrons. The molecular formula is C15H20N2O2. The highest BCUT2D eigenvalue weighted by molar-refractivity contribution is 5.83. The molecule has 0 bridgehead atoms. The van der Waals surface area contributed by atoms with Crippen molar-refractivity contribution >= 4 is 16.8 Å². The van der Waals surface area contributed by atoms with Crippen LogP contribution < -0.4 is 5.32 Å². The summed E-state index contributed by atoms with van der Waals surface area (Å²) in [7, 11) is 1.66. The van der Waals surface area contributed by atoms with Crippen LogP contribution in [0.25, 0.3) is 10.9 Å². The number of carbonyl (C=O) groups is 1. The summed E-state index contributed by atoms with van der Waals surface area (Å²) in [5.74, 6) is 0.0363. The lowest BCUT2D eigenvalue weighted by molar-refractivity contribution is -0.121. The average Bonchev–Trinajstić information content (AvgIpc) is 2.77. The molecular weight excluding hydrogens is 240 g/mol. The number of methoxy groups -OCH3 is 1. The molecule has 1 heterocycles. The van der Waals surface area contributed by atoms with Crippen LogP contribution in [0.5, 0.6) is 0 Å². The van der Waals surface area contributed by atoms with E-state index < -0.39 is 0 Å². The molecule has 0 aliphatic carbocycles. The number of carbonyl (C=O) groups excluding carboxylic acids is 1. The van der Waals surface area contributed by atoms with Gasteiger partial charge >= 0.3 is 0 Å². The molecule has 1 aromatic carbocycles. The Hall–Kier alpha value is -1.81. The molecule has 0 radical (unpaired) electrons. The van der Waals surface area contributed by atoms with Crippen LogP contribution in [0.4, 0.5) is 0 Å². The van der Waals surface area contributed by atoms with E-state index in [4.69, 9.17) is 4.74 Å². The molecule has 1 N–H and O–H groups in total. The maximum Gasteiger partial charge on any atom is 0.239 e. The third-order valence-corrected chi connectivity index (χ3v) is 3.09. The highest BCUT2D eigenvalue weighted by Crippen LogP contribution is 2.17. The summed E-state index contributed by atoms with van der Waals surface area (Å²) in [6, 6.07) is 8.29. The number of nitrogens with zero attached hydrogens (tertiary/aromatic N) is 1. The highest BCUT2D eigenvalue weighted by Gasteiger charge is 2.05. The summed E-state index contributed by atoms with van der Waals surface area (Å²) in [5.41, 5.74) is 2.33. The fraction of sp³-hybridized carbons (Fsp3) is 0.400. The first-order valence-corrected chi connectivity index (χ1v) is 6.52. The summed E-state index contributed by atoms with van der Waals surface area (Å²) in [6.45, 7) is 3.76. The third-order valence-electron chi connectivity index (χ3n) is 3.09. The summed E-state index contributed by atoms with van der Waals surface area (Å²) < 4.78 is 6.91. The lowest BCUT2D eigenvalue weighted by Crippen LogP contribution is -2.28. The molecule has 2 aromatic rings. The smallest absolute Gasteiger partial charge is 0.239 e. The molecule has 19 heavy (non-hydrogen) atoms. The Balaban J connectivity index is 1.95. The molecule has 0 aliphatic heterocycles. The van der Waals surface area contributed by atoms with Crippen molar-refractivity contribution in [2.24, 2.45) is 0 Å². The van der Waals surface area contributed by atoms with Gasteiger partial charge in [0.15, 0.2) is 0 Å². The van der Waals surface area contributed by atoms with Gasteiger partial charge in [0.25, 0.3) is 0 Å². The molecule has 4 nitrogen and oxygen atoms in total. The van der Waals surface area contributed by atoms with E-state index in [9.17, 15) is 4.79 Å². The largest absolute Gasteiger partial charge is 0.385 e. The SMILES string of the molecule is COCCCNC(=O)Cn1ccc2cc(C)ccc21. The minimum absolute atomic E-state index is 0.0363. The van der Waals surface area contributed by atoms with Gasteiger partial charge in [0.1, 0.15) is 6.54 Å². The van der Waals surface area contributed by atoms with E-state index in [1.54, 1.807) is 7.11 Å². The van der Waals surface area contributed by atoms with Gasteiger partial charge < -0.3 is 14.6 Å². The van der Waals surface area contributed by atoms with Crippen LogP contribution in [-0.4, -0.2) is 30.7 Å². The topological polar surface area (TPSA) is 43.3 Å². The Bertz CT molecular complexity index is 560. The van der Waals surface area contributed by atoms with Gasteiger partial charge in [0, 0.05) is 32.0 Å². The average molecular weight is 260 g/mol. The number of amides is 1. The highest BCUT2D eigenvalue weighted by atomic mass is 16.5. The number of nitrogens with one attached hydrogen (secondary N) is 1. The Morgan fingerprint density at radius 2 is 2.21 bits per heavy atom. The second-order valence-corrected chi connectivity index (χ2v) is 4.70. The zero-order chi connectivity index (χ0) is 13.7. The van der Waals surface area contributed by atoms with E-state index in [0.29, 0.717) is 19.7 Å². The van der Waals surface area contributed by atoms with Gasteiger partial charge in [-0.1, -0.05) is 11.6 Å². The van der Waals surface area contributed by atoms with Gasteiger partial charge in [-0.3, -0.25) is 4.79 Å². The Morgan fingerprint density at radius 1 is 1.37 bits per heavy atom. The fourth-order valence-corrected chi connectivity index (χ4v) is 2.11. The van der Waals surface area contributed by atoms with E-state index in [1.165, 1.54) is 10.9 Å². The van der Waals surface area contributed by atoms with Crippen molar-refractivity contribution < 1.29 is 9.53 Å². The molecule has 1 amide bonds. The summed E-state index contributed by atoms with van der Waals surface area (Å²) in [5, 5.41) is 4.07. The summed E-state index contributed by atoms with van der Waals surface area (Å²) in [4.78, 5) is 11.8. The minimum atomic E-state index is 0.0363. The molecule has 0 spiro atoms. The summed E-state index contributed by atoms with van der Waals surface area (Å²) in [6.07, 6.45) is 2.80. The molecule has 0 unspecified atom stereocenters. The number of aromatic nitrogens is 1. The van der Waals surface area contributed by atoms with Crippen LogP contribution >= 0.6 is 0 Å². The van der Waals surface area contributed by atoms with Crippen molar-refractivity contribution in [1.82, 2.24) is 9.88 Å². The van der Waals surface area contributed by atoms with Gasteiger partial charge in [0.05, 0.1) is 0 Å². The molecule has 0 saturated carbocycles. The Kier molecular flexibility index (Phi) is 4.58. The van der Waals surface area contributed by atoms with Gasteiger partial charge in [-0.25, -0.2) is 0 Å². The lowest BCUT2D eigenvalue weighted by Gasteiger charge is -2.07. The van der Waals surface area contributed by atoms with Crippen LogP contribution in [0.1, 0.15) is 12.0 Å². The monoisotopic (exact) mass is 260 g/mol. The van der Waals surface area contributed by atoms with Gasteiger partial charge in [-0.15, -0.1) is 0 Å². The van der Waals surface area contributed by atoms with Crippen molar-refractivity contribution in [2.45, 2.75) is 19.9 Å². The van der Waals surface area contributed by atoms with Crippen molar-refractivity contribution in [2.75, 3.05) is 20.3 Å². The Morgan fingerprint density at radius 3 is 3.00 bits per heavy atom. The Labute approximate surface area is 113 Å². The maximum atomic E-state index is 11.8. The first-order chi connectivity index (χ1) is 9.20. The predicted octanol–water partition coefficient (Wildman–Crippen LogP) is 2.10. The quantitative estimate of drug-likeness (QED) is 0.808. The van der Waals surface area contributed by atoms with Crippen molar-refractivity contribution in [3.8, 4) is 0 Å². The number of fused-ring (bicyclic) bond motifs is 1. The second-order valence-electron chi connectivity index (χ2n) is 4.70. The zero-order valence-electron chi connectivity index (χ0n) is 11.5. The molecule has 0 fully saturated rings. The number of rotatable bonds is 6. The number of hydrogen-bond donors (Lipinski definition) is 1. The zero-order valence-corrected chi connectivity index (χ0v) is 11.5. The fourth-order valence-electron chi connectivity index (χ4n) is 2.11. The van der Waals surface area contributed by atoms with Crippen LogP contribution in [-0.2, 0) is 16.1 Å². The minimum Gasteiger partial charge on any atom is -0.385 e. The number of ether oxygens (including phenoxy) is 1. The molecule has 2 rings (SSSR count). The molecule has 1 aromatic heterocycles. The van der Waals surface area contributed by atoms with E-state index in [-0.39, 0.29) is 5.91 Å². The van der Waals surface area contributed by atoms with Crippen molar-refractivity contribution in [3.63, 3.8) is 0 Å². The van der Waals surface area contributed by atoms with Gasteiger partial charge in [0.2, 0.25) is 5.91 Å². The van der Waals surface area contributed by atoms with Crippen molar-refractivity contribution in [3.05, 3.63) is 36.0 Å². The third kappa shape index (κ3) is 3.58. The molecule has 0 aliphatic rings. The molecule has 0 atom stereocenters. The first-order valence-electron chi connectivity index (χ1n) is 6.52. The molecule has 0 saturated heterocycles. The van der Waals surface area contributed by atoms with Gasteiger partial charge in [-0.2, -0.15) is 0 Å². The standard InChI is InChI=1S/C15H20N2O2/c1-12-4-5-14-13(10-12)6-8-17(14)11-15(18)16-7-3-9-19-2/h4-6,8,10H,3,7,9,11H2,1-2H3,(H,16,18). The van der Waals surface area contributed by atoms with E-state index >= 15 is 0 Å². The second kappa shape index (κ2) is 6.38. The maximum absolute atomic E-state index is 11.8. The molecule has 4 heteroatoms.